The third-order valence-electron chi connectivity index (χ3n) is 5.51. The van der Waals surface area contributed by atoms with Crippen molar-refractivity contribution >= 4 is 44.2 Å². The average Bonchev–Trinajstić information content (AvgIpc) is 2.88. The Morgan fingerprint density at radius 2 is 1.06 bits per heavy atom. The van der Waals surface area contributed by atoms with Crippen LogP contribution in [0.2, 0.25) is 0 Å². The van der Waals surface area contributed by atoms with E-state index in [1.165, 1.54) is 7.11 Å². The molecule has 166 valence electrons. The summed E-state index contributed by atoms with van der Waals surface area (Å²) in [6, 6.07) is 37.2. The highest BCUT2D eigenvalue weighted by Crippen LogP contribution is 2.47. The molecule has 4 aromatic rings. The lowest BCUT2D eigenvalue weighted by atomic mass is 10.2. The number of ether oxygens (including phenoxy) is 1. The van der Waals surface area contributed by atoms with E-state index in [0.717, 1.165) is 21.5 Å². The van der Waals surface area contributed by atoms with Crippen molar-refractivity contribution in [1.29, 1.82) is 0 Å². The highest BCUT2D eigenvalue weighted by molar-refractivity contribution is 8.18. The number of benzene rings is 4. The number of esters is 1. The van der Waals surface area contributed by atoms with E-state index in [2.05, 4.69) is 0 Å². The number of hydrogen-bond donors (Lipinski definition) is 0. The van der Waals surface area contributed by atoms with Crippen molar-refractivity contribution in [2.45, 2.75) is 11.8 Å². The summed E-state index contributed by atoms with van der Waals surface area (Å²) in [5.41, 5.74) is 1.06. The van der Waals surface area contributed by atoms with E-state index in [4.69, 9.17) is 4.74 Å². The minimum Gasteiger partial charge on any atom is -0.465 e. The summed E-state index contributed by atoms with van der Waals surface area (Å²) < 4.78 is 19.8. The first-order valence-electron chi connectivity index (χ1n) is 10.6. The fourth-order valence-corrected chi connectivity index (χ4v) is 10.9. The Balaban J connectivity index is 2.25. The normalized spacial score (nSPS) is 12.1. The van der Waals surface area contributed by atoms with Gasteiger partial charge >= 0.3 is 5.97 Å². The molecule has 1 unspecified atom stereocenters. The van der Waals surface area contributed by atoms with Crippen molar-refractivity contribution in [2.75, 3.05) is 7.11 Å². The van der Waals surface area contributed by atoms with E-state index in [0.29, 0.717) is 4.90 Å². The summed E-state index contributed by atoms with van der Waals surface area (Å²) in [6.45, 7) is -0.849. The smallest absolute Gasteiger partial charge is 0.348 e. The van der Waals surface area contributed by atoms with Crippen LogP contribution in [-0.4, -0.2) is 21.9 Å². The number of aryl methyl sites for hydroxylation is 1. The van der Waals surface area contributed by atoms with Crippen molar-refractivity contribution < 1.29 is 13.7 Å². The molecule has 0 radical (unpaired) electrons. The van der Waals surface area contributed by atoms with Gasteiger partial charge < -0.3 is 4.74 Å². The first-order valence-corrected chi connectivity index (χ1v) is 13.5. The lowest BCUT2D eigenvalue weighted by Crippen LogP contribution is -2.36. The lowest BCUT2D eigenvalue weighted by molar-refractivity contribution is -0.132. The number of hydrogen-bond acceptors (Lipinski definition) is 3. The second-order valence-electron chi connectivity index (χ2n) is 7.56. The summed E-state index contributed by atoms with van der Waals surface area (Å²) >= 11 is 0. The molecule has 0 aliphatic rings. The predicted octanol–water partition coefficient (Wildman–Crippen LogP) is 4.40. The van der Waals surface area contributed by atoms with Gasteiger partial charge in [-0.3, -0.25) is 0 Å². The summed E-state index contributed by atoms with van der Waals surface area (Å²) in [7, 11) is -0.387. The molecule has 0 bridgehead atoms. The Labute approximate surface area is 197 Å². The number of carbonyl (C=O) groups is 1. The third-order valence-corrected chi connectivity index (χ3v) is 12.1. The molecule has 0 aromatic heterocycles. The van der Waals surface area contributed by atoms with E-state index in [1.54, 1.807) is 0 Å². The SMILES string of the molecule is COC(=O)C(S(=O)c1ccc(C)cc1)=P(c1ccccc1)(c1ccccc1)c1ccccc1. The third kappa shape index (κ3) is 4.37. The molecule has 3 nitrogen and oxygen atoms in total. The van der Waals surface area contributed by atoms with Crippen LogP contribution in [-0.2, 0) is 20.3 Å². The topological polar surface area (TPSA) is 43.4 Å². The van der Waals surface area contributed by atoms with E-state index >= 15 is 0 Å². The summed E-state index contributed by atoms with van der Waals surface area (Å²) in [4.78, 5) is 14.1. The standard InChI is InChI=1S/C28H25O3PS/c1-22-18-20-26(21-19-22)33(30)28(27(29)31-2)32(23-12-6-3-7-13-23,24-14-8-4-9-15-24)25-16-10-5-11-17-25/h3-21H,1-2H3. The summed E-state index contributed by atoms with van der Waals surface area (Å²) in [6.07, 6.45) is 0. The van der Waals surface area contributed by atoms with E-state index in [-0.39, 0.29) is 4.63 Å². The zero-order chi connectivity index (χ0) is 23.3. The van der Waals surface area contributed by atoms with Crippen molar-refractivity contribution in [2.24, 2.45) is 0 Å². The van der Waals surface area contributed by atoms with Crippen LogP contribution in [0, 0.1) is 6.92 Å². The van der Waals surface area contributed by atoms with Crippen LogP contribution < -0.4 is 15.9 Å². The van der Waals surface area contributed by atoms with E-state index in [1.807, 2.05) is 122 Å². The minimum absolute atomic E-state index is 0.275. The molecule has 0 spiro atoms. The highest BCUT2D eigenvalue weighted by Gasteiger charge is 2.37. The Hall–Kier alpha value is -3.20. The monoisotopic (exact) mass is 472 g/mol. The Morgan fingerprint density at radius 3 is 1.42 bits per heavy atom. The Kier molecular flexibility index (Phi) is 7.08. The maximum Gasteiger partial charge on any atom is 0.348 e. The molecular weight excluding hydrogens is 447 g/mol. The fraction of sp³-hybridized carbons (Fsp3) is 0.0714. The molecule has 1 atom stereocenters. The van der Waals surface area contributed by atoms with Crippen LogP contribution in [0.15, 0.2) is 120 Å². The maximum absolute atomic E-state index is 14.2. The van der Waals surface area contributed by atoms with Gasteiger partial charge in [0.2, 0.25) is 0 Å². The molecule has 0 heterocycles. The van der Waals surface area contributed by atoms with Gasteiger partial charge in [-0.25, -0.2) is 9.00 Å². The van der Waals surface area contributed by atoms with Gasteiger partial charge in [0.1, 0.15) is 4.63 Å². The van der Waals surface area contributed by atoms with Gasteiger partial charge in [0.05, 0.1) is 17.9 Å². The molecule has 33 heavy (non-hydrogen) atoms. The van der Waals surface area contributed by atoms with Crippen LogP contribution in [0.1, 0.15) is 5.56 Å². The predicted molar refractivity (Wildman–Crippen MR) is 140 cm³/mol. The van der Waals surface area contributed by atoms with Gasteiger partial charge in [0.15, 0.2) is 0 Å². The molecular formula is C28H25O3PS. The van der Waals surface area contributed by atoms with Crippen LogP contribution in [0.4, 0.5) is 0 Å². The van der Waals surface area contributed by atoms with Crippen LogP contribution in [0.25, 0.3) is 0 Å². The van der Waals surface area contributed by atoms with Crippen molar-refractivity contribution in [1.82, 2.24) is 0 Å². The van der Waals surface area contributed by atoms with E-state index < -0.39 is 23.7 Å². The molecule has 0 saturated carbocycles. The molecule has 0 N–H and O–H groups in total. The molecule has 4 rings (SSSR count). The van der Waals surface area contributed by atoms with Gasteiger partial charge in [0.25, 0.3) is 0 Å². The highest BCUT2D eigenvalue weighted by atomic mass is 32.2. The molecule has 0 aliphatic heterocycles. The van der Waals surface area contributed by atoms with Gasteiger partial charge in [-0.2, -0.15) is 0 Å². The first-order chi connectivity index (χ1) is 16.1. The molecule has 0 amide bonds. The van der Waals surface area contributed by atoms with Gasteiger partial charge in [-0.1, -0.05) is 109 Å². The molecule has 5 heteroatoms. The first kappa shape index (κ1) is 23.0. The molecule has 0 aliphatic carbocycles. The Morgan fingerprint density at radius 1 is 0.667 bits per heavy atom. The maximum atomic E-state index is 14.2. The summed E-state index contributed by atoms with van der Waals surface area (Å²) in [5.74, 6) is -0.557. The second-order valence-corrected chi connectivity index (χ2v) is 12.6. The second kappa shape index (κ2) is 10.2. The van der Waals surface area contributed by atoms with Gasteiger partial charge in [-0.15, -0.1) is 0 Å². The Bertz CT molecular complexity index is 1210. The molecule has 0 fully saturated rings. The van der Waals surface area contributed by atoms with E-state index in [9.17, 15) is 9.00 Å². The van der Waals surface area contributed by atoms with Gasteiger partial charge in [0, 0.05) is 11.8 Å². The molecule has 0 saturated heterocycles. The zero-order valence-corrected chi connectivity index (χ0v) is 20.3. The lowest BCUT2D eigenvalue weighted by Gasteiger charge is -2.31. The van der Waals surface area contributed by atoms with Crippen molar-refractivity contribution in [3.05, 3.63) is 121 Å². The zero-order valence-electron chi connectivity index (χ0n) is 18.5. The fourth-order valence-electron chi connectivity index (χ4n) is 3.95. The minimum atomic E-state index is -2.83. The molecule has 4 aromatic carbocycles. The van der Waals surface area contributed by atoms with Crippen molar-refractivity contribution in [3.8, 4) is 0 Å². The van der Waals surface area contributed by atoms with Crippen LogP contribution in [0.5, 0.6) is 0 Å². The largest absolute Gasteiger partial charge is 0.465 e. The van der Waals surface area contributed by atoms with Crippen LogP contribution in [0.3, 0.4) is 0 Å². The van der Waals surface area contributed by atoms with Gasteiger partial charge in [-0.05, 0) is 35.0 Å². The van der Waals surface area contributed by atoms with Crippen LogP contribution >= 0.6 is 6.89 Å². The summed E-state index contributed by atoms with van der Waals surface area (Å²) in [5, 5.41) is 2.84. The number of rotatable bonds is 6. The quantitative estimate of drug-likeness (QED) is 0.309. The number of carbonyl (C=O) groups excluding carboxylic acids is 1. The number of methoxy groups -OCH3 is 1. The van der Waals surface area contributed by atoms with Crippen molar-refractivity contribution in [3.63, 3.8) is 0 Å². The average molecular weight is 473 g/mol.